The smallest absolute Gasteiger partial charge is 0.326 e. The van der Waals surface area contributed by atoms with Gasteiger partial charge in [-0.2, -0.15) is 0 Å². The van der Waals surface area contributed by atoms with Crippen LogP contribution < -0.4 is 10.1 Å². The number of hydrogen-bond acceptors (Lipinski definition) is 3. The molecule has 2 N–H and O–H groups in total. The van der Waals surface area contributed by atoms with Crippen molar-refractivity contribution < 1.29 is 19.4 Å². The van der Waals surface area contributed by atoms with E-state index in [0.29, 0.717) is 18.8 Å². The van der Waals surface area contributed by atoms with E-state index in [1.54, 1.807) is 0 Å². The van der Waals surface area contributed by atoms with Crippen LogP contribution in [0.25, 0.3) is 0 Å². The second-order valence-corrected chi connectivity index (χ2v) is 7.07. The standard InChI is InChI=1S/C25H25NO4/c27-24(16-13-19-7-3-1-4-8-19)26-23(25(28)29)17-20-11-14-22(15-12-20)30-18-21-9-5-2-6-10-21/h1-12,14-15,23H,13,16-18H2,(H,26,27)(H,28,29)/t23-/m0/s1. The molecule has 0 spiro atoms. The van der Waals surface area contributed by atoms with Gasteiger partial charge in [0.1, 0.15) is 18.4 Å². The summed E-state index contributed by atoms with van der Waals surface area (Å²) >= 11 is 0. The zero-order chi connectivity index (χ0) is 21.2. The Morgan fingerprint density at radius 2 is 1.40 bits per heavy atom. The van der Waals surface area contributed by atoms with E-state index in [9.17, 15) is 14.7 Å². The minimum absolute atomic E-state index is 0.214. The minimum Gasteiger partial charge on any atom is -0.489 e. The third-order valence-corrected chi connectivity index (χ3v) is 4.73. The van der Waals surface area contributed by atoms with Gasteiger partial charge in [0.25, 0.3) is 0 Å². The van der Waals surface area contributed by atoms with Crippen molar-refractivity contribution in [1.82, 2.24) is 5.32 Å². The van der Waals surface area contributed by atoms with Crippen molar-refractivity contribution in [3.8, 4) is 5.75 Å². The van der Waals surface area contributed by atoms with Crippen LogP contribution in [0.3, 0.4) is 0 Å². The molecule has 0 fully saturated rings. The van der Waals surface area contributed by atoms with Crippen molar-refractivity contribution in [2.24, 2.45) is 0 Å². The number of ether oxygens (including phenoxy) is 1. The molecule has 30 heavy (non-hydrogen) atoms. The molecule has 3 aromatic rings. The van der Waals surface area contributed by atoms with Crippen LogP contribution in [0.15, 0.2) is 84.9 Å². The molecule has 5 nitrogen and oxygen atoms in total. The quantitative estimate of drug-likeness (QED) is 0.536. The molecular weight excluding hydrogens is 378 g/mol. The molecule has 0 unspecified atom stereocenters. The number of carboxylic acids is 1. The molecule has 0 aliphatic carbocycles. The van der Waals surface area contributed by atoms with Crippen LogP contribution >= 0.6 is 0 Å². The van der Waals surface area contributed by atoms with Crippen molar-refractivity contribution in [1.29, 1.82) is 0 Å². The van der Waals surface area contributed by atoms with E-state index in [-0.39, 0.29) is 18.7 Å². The molecule has 0 aliphatic heterocycles. The number of hydrogen-bond donors (Lipinski definition) is 2. The Bertz CT molecular complexity index is 940. The lowest BCUT2D eigenvalue weighted by atomic mass is 10.0. The molecule has 0 radical (unpaired) electrons. The Morgan fingerprint density at radius 1 is 0.800 bits per heavy atom. The summed E-state index contributed by atoms with van der Waals surface area (Å²) in [6.07, 6.45) is 1.04. The normalized spacial score (nSPS) is 11.5. The number of carboxylic acid groups (broad SMARTS) is 1. The summed E-state index contributed by atoms with van der Waals surface area (Å²) in [4.78, 5) is 23.8. The maximum atomic E-state index is 12.2. The van der Waals surface area contributed by atoms with Crippen molar-refractivity contribution >= 4 is 11.9 Å². The molecule has 0 heterocycles. The van der Waals surface area contributed by atoms with E-state index in [4.69, 9.17) is 4.74 Å². The van der Waals surface area contributed by atoms with Gasteiger partial charge in [-0.3, -0.25) is 4.79 Å². The second-order valence-electron chi connectivity index (χ2n) is 7.07. The maximum Gasteiger partial charge on any atom is 0.326 e. The minimum atomic E-state index is -1.05. The van der Waals surface area contributed by atoms with Gasteiger partial charge in [-0.05, 0) is 35.2 Å². The van der Waals surface area contributed by atoms with E-state index < -0.39 is 12.0 Å². The molecule has 0 bridgehead atoms. The van der Waals surface area contributed by atoms with Gasteiger partial charge in [-0.15, -0.1) is 0 Å². The summed E-state index contributed by atoms with van der Waals surface area (Å²) < 4.78 is 5.75. The summed E-state index contributed by atoms with van der Waals surface area (Å²) in [5.41, 5.74) is 2.94. The summed E-state index contributed by atoms with van der Waals surface area (Å²) in [5, 5.41) is 12.1. The fourth-order valence-electron chi connectivity index (χ4n) is 3.07. The van der Waals surface area contributed by atoms with Crippen LogP contribution in [0.2, 0.25) is 0 Å². The zero-order valence-corrected chi connectivity index (χ0v) is 16.7. The third-order valence-electron chi connectivity index (χ3n) is 4.73. The van der Waals surface area contributed by atoms with Gasteiger partial charge < -0.3 is 15.2 Å². The van der Waals surface area contributed by atoms with Gasteiger partial charge >= 0.3 is 5.97 Å². The number of amides is 1. The highest BCUT2D eigenvalue weighted by Gasteiger charge is 2.20. The first-order valence-corrected chi connectivity index (χ1v) is 9.92. The van der Waals surface area contributed by atoms with Crippen LogP contribution in [0.4, 0.5) is 0 Å². The van der Waals surface area contributed by atoms with Crippen molar-refractivity contribution in [3.63, 3.8) is 0 Å². The Morgan fingerprint density at radius 3 is 2.00 bits per heavy atom. The molecule has 3 aromatic carbocycles. The first kappa shape index (κ1) is 21.1. The lowest BCUT2D eigenvalue weighted by Crippen LogP contribution is -2.42. The SMILES string of the molecule is O=C(CCc1ccccc1)N[C@@H](Cc1ccc(OCc2ccccc2)cc1)C(=O)O. The number of aryl methyl sites for hydroxylation is 1. The summed E-state index contributed by atoms with van der Waals surface area (Å²) in [6, 6.07) is 25.8. The topological polar surface area (TPSA) is 75.6 Å². The highest BCUT2D eigenvalue weighted by Crippen LogP contribution is 2.15. The predicted molar refractivity (Wildman–Crippen MR) is 115 cm³/mol. The molecule has 0 aromatic heterocycles. The van der Waals surface area contributed by atoms with Gasteiger partial charge in [0.05, 0.1) is 0 Å². The number of benzene rings is 3. The third kappa shape index (κ3) is 6.78. The van der Waals surface area contributed by atoms with Crippen LogP contribution in [-0.2, 0) is 29.0 Å². The molecule has 0 saturated heterocycles. The van der Waals surface area contributed by atoms with Gasteiger partial charge in [0.2, 0.25) is 5.91 Å². The van der Waals surface area contributed by atoms with Gasteiger partial charge in [-0.1, -0.05) is 72.8 Å². The lowest BCUT2D eigenvalue weighted by molar-refractivity contribution is -0.141. The lowest BCUT2D eigenvalue weighted by Gasteiger charge is -2.15. The van der Waals surface area contributed by atoms with Crippen molar-refractivity contribution in [2.75, 3.05) is 0 Å². The highest BCUT2D eigenvalue weighted by atomic mass is 16.5. The van der Waals surface area contributed by atoms with Crippen molar-refractivity contribution in [3.05, 3.63) is 102 Å². The average molecular weight is 403 g/mol. The molecule has 0 aliphatic rings. The Balaban J connectivity index is 1.50. The number of carbonyl (C=O) groups is 2. The largest absolute Gasteiger partial charge is 0.489 e. The van der Waals surface area contributed by atoms with E-state index in [2.05, 4.69) is 5.32 Å². The number of rotatable bonds is 10. The van der Waals surface area contributed by atoms with Gasteiger partial charge in [0, 0.05) is 12.8 Å². The molecule has 3 rings (SSSR count). The summed E-state index contributed by atoms with van der Waals surface area (Å²) in [7, 11) is 0. The Labute approximate surface area is 176 Å². The van der Waals surface area contributed by atoms with Crippen LogP contribution in [0.1, 0.15) is 23.1 Å². The van der Waals surface area contributed by atoms with Crippen LogP contribution in [0, 0.1) is 0 Å². The molecule has 0 saturated carbocycles. The average Bonchev–Trinajstić information content (AvgIpc) is 2.78. The first-order valence-electron chi connectivity index (χ1n) is 9.92. The van der Waals surface area contributed by atoms with E-state index in [0.717, 1.165) is 16.7 Å². The zero-order valence-electron chi connectivity index (χ0n) is 16.7. The Kier molecular flexibility index (Phi) is 7.61. The highest BCUT2D eigenvalue weighted by molar-refractivity contribution is 5.83. The summed E-state index contributed by atoms with van der Waals surface area (Å²) in [5.74, 6) is -0.608. The first-order chi connectivity index (χ1) is 14.6. The van der Waals surface area contributed by atoms with E-state index in [1.165, 1.54) is 0 Å². The molecule has 154 valence electrons. The second kappa shape index (κ2) is 10.8. The predicted octanol–water partition coefficient (Wildman–Crippen LogP) is 4.01. The maximum absolute atomic E-state index is 12.2. The monoisotopic (exact) mass is 403 g/mol. The summed E-state index contributed by atoms with van der Waals surface area (Å²) in [6.45, 7) is 0.468. The molecule has 1 amide bonds. The van der Waals surface area contributed by atoms with E-state index in [1.807, 2.05) is 84.9 Å². The molecule has 5 heteroatoms. The van der Waals surface area contributed by atoms with Crippen molar-refractivity contribution in [2.45, 2.75) is 31.9 Å². The fourth-order valence-corrected chi connectivity index (χ4v) is 3.07. The van der Waals surface area contributed by atoms with E-state index >= 15 is 0 Å². The van der Waals surface area contributed by atoms with Crippen LogP contribution in [-0.4, -0.2) is 23.0 Å². The van der Waals surface area contributed by atoms with Gasteiger partial charge in [-0.25, -0.2) is 4.79 Å². The Hall–Kier alpha value is -3.60. The molecule has 1 atom stereocenters. The number of carbonyl (C=O) groups excluding carboxylic acids is 1. The number of aliphatic carboxylic acids is 1. The van der Waals surface area contributed by atoms with Gasteiger partial charge in [0.15, 0.2) is 0 Å². The van der Waals surface area contributed by atoms with Crippen LogP contribution in [0.5, 0.6) is 5.75 Å². The number of nitrogens with one attached hydrogen (secondary N) is 1. The molecular formula is C25H25NO4. The fraction of sp³-hybridized carbons (Fsp3) is 0.200.